The van der Waals surface area contributed by atoms with Crippen LogP contribution in [0.1, 0.15) is 10.4 Å². The van der Waals surface area contributed by atoms with Crippen LogP contribution in [-0.4, -0.2) is 60.9 Å². The number of hydrogen-bond donors (Lipinski definition) is 4. The number of aldehydes is 1. The summed E-state index contributed by atoms with van der Waals surface area (Å²) in [4.78, 5) is 30.4. The number of rotatable bonds is 7. The van der Waals surface area contributed by atoms with Crippen LogP contribution in [-0.2, 0) is 14.3 Å². The molecule has 0 saturated carbocycles. The fourth-order valence-corrected chi connectivity index (χ4v) is 1.13. The number of benzene rings is 1. The summed E-state index contributed by atoms with van der Waals surface area (Å²) in [6, 6.07) is 6.10. The van der Waals surface area contributed by atoms with E-state index in [1.165, 1.54) is 19.2 Å². The molecule has 4 N–H and O–H groups in total. The molecule has 120 valence electrons. The third-order valence-corrected chi connectivity index (χ3v) is 2.01. The van der Waals surface area contributed by atoms with E-state index >= 15 is 0 Å². The topological polar surface area (TPSA) is 142 Å². The summed E-state index contributed by atoms with van der Waals surface area (Å²) in [5.74, 6) is -1.22. The molecule has 10 heteroatoms. The summed E-state index contributed by atoms with van der Waals surface area (Å²) in [5, 5.41) is 27.3. The van der Waals surface area contributed by atoms with Crippen LogP contribution in [0, 0.1) is 0 Å². The minimum absolute atomic E-state index is 0.0667. The SMILES string of the molecule is COC(=O)CNCC(=O)O.O=Cc1cccc(OB(O)O)c1. The second kappa shape index (κ2) is 11.3. The zero-order chi connectivity index (χ0) is 17.0. The molecule has 0 bridgehead atoms. The number of carboxylic acids is 1. The average molecular weight is 313 g/mol. The number of methoxy groups -OCH3 is 1. The maximum Gasteiger partial charge on any atom is 0.707 e. The summed E-state index contributed by atoms with van der Waals surface area (Å²) in [5.41, 5.74) is 0.424. The number of nitrogens with one attached hydrogen (secondary N) is 1. The van der Waals surface area contributed by atoms with Crippen LogP contribution in [0.25, 0.3) is 0 Å². The van der Waals surface area contributed by atoms with Gasteiger partial charge in [0.05, 0.1) is 20.2 Å². The van der Waals surface area contributed by atoms with Crippen LogP contribution in [0.4, 0.5) is 0 Å². The molecule has 0 atom stereocenters. The number of esters is 1. The van der Waals surface area contributed by atoms with E-state index in [9.17, 15) is 14.4 Å². The molecule has 0 aliphatic carbocycles. The molecular weight excluding hydrogens is 297 g/mol. The molecule has 0 aromatic heterocycles. The van der Waals surface area contributed by atoms with Gasteiger partial charge in [0.15, 0.2) is 0 Å². The van der Waals surface area contributed by atoms with Gasteiger partial charge >= 0.3 is 19.3 Å². The van der Waals surface area contributed by atoms with Crippen LogP contribution in [0.3, 0.4) is 0 Å². The monoisotopic (exact) mass is 313 g/mol. The predicted octanol–water partition coefficient (Wildman–Crippen LogP) is -1.32. The minimum Gasteiger partial charge on any atom is -0.512 e. The van der Waals surface area contributed by atoms with Crippen LogP contribution in [0.15, 0.2) is 24.3 Å². The Morgan fingerprint density at radius 3 is 2.50 bits per heavy atom. The van der Waals surface area contributed by atoms with Gasteiger partial charge in [-0.3, -0.25) is 19.7 Å². The van der Waals surface area contributed by atoms with Crippen LogP contribution >= 0.6 is 0 Å². The maximum atomic E-state index is 10.3. The van der Waals surface area contributed by atoms with E-state index in [2.05, 4.69) is 14.7 Å². The first kappa shape index (κ1) is 19.6. The van der Waals surface area contributed by atoms with Crippen molar-refractivity contribution < 1.29 is 38.9 Å². The third kappa shape index (κ3) is 10.4. The first-order valence-corrected chi connectivity index (χ1v) is 5.96. The number of aliphatic carboxylic acids is 1. The summed E-state index contributed by atoms with van der Waals surface area (Å²) < 4.78 is 8.75. The number of carbonyl (C=O) groups excluding carboxylic acids is 2. The highest BCUT2D eigenvalue weighted by Crippen LogP contribution is 2.11. The Morgan fingerprint density at radius 2 is 2.00 bits per heavy atom. The Hall–Kier alpha value is -2.43. The molecule has 0 heterocycles. The van der Waals surface area contributed by atoms with E-state index in [-0.39, 0.29) is 18.8 Å². The van der Waals surface area contributed by atoms with E-state index in [4.69, 9.17) is 15.2 Å². The lowest BCUT2D eigenvalue weighted by atomic mass is 10.2. The molecule has 0 radical (unpaired) electrons. The molecule has 1 aromatic carbocycles. The highest BCUT2D eigenvalue weighted by Gasteiger charge is 2.10. The zero-order valence-electron chi connectivity index (χ0n) is 11.8. The number of carbonyl (C=O) groups is 3. The van der Waals surface area contributed by atoms with Crippen LogP contribution < -0.4 is 9.97 Å². The zero-order valence-corrected chi connectivity index (χ0v) is 11.8. The second-order valence-corrected chi connectivity index (χ2v) is 3.71. The van der Waals surface area contributed by atoms with Gasteiger partial charge in [-0.15, -0.1) is 0 Å². The standard InChI is InChI=1S/C7H7BO4.C5H9NO4/c9-5-6-2-1-3-7(4-6)12-8(10)11;1-10-5(9)3-6-2-4(7)8/h1-5,10-11H;6H,2-3H2,1H3,(H,7,8). The molecule has 0 aliphatic heterocycles. The molecule has 0 saturated heterocycles. The third-order valence-electron chi connectivity index (χ3n) is 2.01. The van der Waals surface area contributed by atoms with Gasteiger partial charge in [-0.2, -0.15) is 0 Å². The Labute approximate surface area is 126 Å². The largest absolute Gasteiger partial charge is 0.707 e. The van der Waals surface area contributed by atoms with Gasteiger partial charge in [0.1, 0.15) is 12.0 Å². The van der Waals surface area contributed by atoms with Gasteiger partial charge in [0.2, 0.25) is 0 Å². The van der Waals surface area contributed by atoms with Crippen LogP contribution in [0.5, 0.6) is 5.75 Å². The summed E-state index contributed by atoms with van der Waals surface area (Å²) in [6.45, 7) is -0.294. The van der Waals surface area contributed by atoms with Crippen molar-refractivity contribution in [3.05, 3.63) is 29.8 Å². The van der Waals surface area contributed by atoms with Gasteiger partial charge in [-0.05, 0) is 12.1 Å². The molecule has 0 unspecified atom stereocenters. The molecule has 0 amide bonds. The average Bonchev–Trinajstić information content (AvgIpc) is 2.47. The fraction of sp³-hybridized carbons (Fsp3) is 0.250. The van der Waals surface area contributed by atoms with Gasteiger partial charge in [0, 0.05) is 5.56 Å². The molecule has 1 rings (SSSR count). The fourth-order valence-electron chi connectivity index (χ4n) is 1.13. The maximum absolute atomic E-state index is 10.3. The Bertz CT molecular complexity index is 494. The van der Waals surface area contributed by atoms with E-state index in [0.717, 1.165) is 0 Å². The molecule has 9 nitrogen and oxygen atoms in total. The van der Waals surface area contributed by atoms with Crippen molar-refractivity contribution >= 4 is 25.5 Å². The molecular formula is C12H16BNO8. The van der Waals surface area contributed by atoms with Gasteiger partial charge in [0.25, 0.3) is 0 Å². The van der Waals surface area contributed by atoms with Gasteiger partial charge in [-0.1, -0.05) is 12.1 Å². The number of hydrogen-bond acceptors (Lipinski definition) is 8. The lowest BCUT2D eigenvalue weighted by molar-refractivity contribution is -0.140. The lowest BCUT2D eigenvalue weighted by Gasteiger charge is -2.03. The minimum atomic E-state index is -1.85. The number of carboxylic acid groups (broad SMARTS) is 1. The highest BCUT2D eigenvalue weighted by molar-refractivity contribution is 6.33. The van der Waals surface area contributed by atoms with Crippen molar-refractivity contribution in [2.45, 2.75) is 0 Å². The van der Waals surface area contributed by atoms with Crippen molar-refractivity contribution in [2.75, 3.05) is 20.2 Å². The van der Waals surface area contributed by atoms with Gasteiger partial charge in [-0.25, -0.2) is 0 Å². The first-order chi connectivity index (χ1) is 10.4. The van der Waals surface area contributed by atoms with Crippen molar-refractivity contribution in [3.63, 3.8) is 0 Å². The predicted molar refractivity (Wildman–Crippen MR) is 75.2 cm³/mol. The molecule has 0 aliphatic rings. The van der Waals surface area contributed by atoms with E-state index in [0.29, 0.717) is 11.8 Å². The van der Waals surface area contributed by atoms with Crippen molar-refractivity contribution in [1.29, 1.82) is 0 Å². The molecule has 1 aromatic rings. The van der Waals surface area contributed by atoms with E-state index in [1.807, 2.05) is 0 Å². The van der Waals surface area contributed by atoms with Crippen molar-refractivity contribution in [3.8, 4) is 5.75 Å². The van der Waals surface area contributed by atoms with E-state index < -0.39 is 19.3 Å². The van der Waals surface area contributed by atoms with Crippen LogP contribution in [0.2, 0.25) is 0 Å². The van der Waals surface area contributed by atoms with Gasteiger partial charge < -0.3 is 24.5 Å². The normalized spacial score (nSPS) is 9.05. The summed E-state index contributed by atoms with van der Waals surface area (Å²) >= 11 is 0. The molecule has 0 spiro atoms. The Kier molecular flexibility index (Phi) is 10.0. The summed E-state index contributed by atoms with van der Waals surface area (Å²) in [7, 11) is -0.614. The first-order valence-electron chi connectivity index (χ1n) is 5.96. The summed E-state index contributed by atoms with van der Waals surface area (Å²) in [6.07, 6.45) is 0.649. The molecule has 0 fully saturated rings. The smallest absolute Gasteiger partial charge is 0.512 e. The highest BCUT2D eigenvalue weighted by atomic mass is 16.6. The second-order valence-electron chi connectivity index (χ2n) is 3.71. The number of ether oxygens (including phenoxy) is 1. The lowest BCUT2D eigenvalue weighted by Crippen LogP contribution is -2.28. The van der Waals surface area contributed by atoms with Crippen molar-refractivity contribution in [1.82, 2.24) is 5.32 Å². The van der Waals surface area contributed by atoms with Crippen molar-refractivity contribution in [2.24, 2.45) is 0 Å². The molecule has 22 heavy (non-hydrogen) atoms. The Balaban J connectivity index is 0.000000409. The van der Waals surface area contributed by atoms with E-state index in [1.54, 1.807) is 12.1 Å². The Morgan fingerprint density at radius 1 is 1.32 bits per heavy atom. The quantitative estimate of drug-likeness (QED) is 0.274.